The third-order valence-corrected chi connectivity index (χ3v) is 8.30. The Morgan fingerprint density at radius 1 is 1.29 bits per heavy atom. The molecule has 0 radical (unpaired) electrons. The number of aryl methyl sites for hydroxylation is 1. The average molecular weight is 498 g/mol. The van der Waals surface area contributed by atoms with Crippen molar-refractivity contribution in [3.63, 3.8) is 0 Å². The first-order valence-electron chi connectivity index (χ1n) is 12.9. The summed E-state index contributed by atoms with van der Waals surface area (Å²) in [5.74, 6) is 5.97. The molecule has 3 atom stereocenters. The van der Waals surface area contributed by atoms with Gasteiger partial charge in [0, 0.05) is 40.0 Å². The number of thiophene rings is 1. The summed E-state index contributed by atoms with van der Waals surface area (Å²) in [4.78, 5) is 18.1. The number of hydrazone groups is 1. The maximum Gasteiger partial charge on any atom is 0.253 e. The lowest BCUT2D eigenvalue weighted by Gasteiger charge is -2.35. The van der Waals surface area contributed by atoms with Crippen LogP contribution < -0.4 is 16.9 Å². The van der Waals surface area contributed by atoms with E-state index < -0.39 is 6.10 Å². The number of benzene rings is 1. The number of nitrogens with two attached hydrogens (primary N) is 2. The number of hydrogen-bond donors (Lipinski definition) is 3. The lowest BCUT2D eigenvalue weighted by molar-refractivity contribution is -0.152. The molecular weight excluding hydrogens is 458 g/mol. The zero-order valence-corrected chi connectivity index (χ0v) is 21.9. The summed E-state index contributed by atoms with van der Waals surface area (Å²) in [6.07, 6.45) is 6.20. The second kappa shape index (κ2) is 11.5. The monoisotopic (exact) mass is 497 g/mol. The van der Waals surface area contributed by atoms with Crippen LogP contribution in [0.25, 0.3) is 10.4 Å². The highest BCUT2D eigenvalue weighted by molar-refractivity contribution is 7.15. The Kier molecular flexibility index (Phi) is 8.46. The van der Waals surface area contributed by atoms with Gasteiger partial charge in [0.2, 0.25) is 0 Å². The number of amides is 1. The summed E-state index contributed by atoms with van der Waals surface area (Å²) in [5, 5.41) is 7.10. The molecule has 1 aromatic heterocycles. The van der Waals surface area contributed by atoms with Gasteiger partial charge in [-0.2, -0.15) is 5.10 Å². The third kappa shape index (κ3) is 5.88. The summed E-state index contributed by atoms with van der Waals surface area (Å²) in [6.45, 7) is 7.75. The van der Waals surface area contributed by atoms with Crippen LogP contribution in [0.4, 0.5) is 0 Å². The minimum atomic E-state index is -0.424. The van der Waals surface area contributed by atoms with Crippen LogP contribution in [0.5, 0.6) is 0 Å². The molecule has 1 aliphatic carbocycles. The first-order valence-corrected chi connectivity index (χ1v) is 13.7. The normalized spacial score (nSPS) is 21.6. The van der Waals surface area contributed by atoms with Gasteiger partial charge in [-0.25, -0.2) is 0 Å². The van der Waals surface area contributed by atoms with Crippen molar-refractivity contribution in [3.8, 4) is 10.4 Å². The molecule has 2 aromatic rings. The predicted octanol–water partition coefficient (Wildman–Crippen LogP) is 4.16. The standard InChI is InChI=1S/C27H39N5O2S/c1-4-5-6-9-19-14-24(35-25(19)21-10-7-8-11-22(21)26(28)31-29)18(3)32(20-12-13-20)27(33)23-16-30-15-17(2)34-23/h7-8,10-11,14,17-18,20,23,30H,4-6,9,12-13,15-16,29H2,1-3H3,(H2,28,31)/t17-,18-,23-/m1/s1. The van der Waals surface area contributed by atoms with Gasteiger partial charge in [0.1, 0.15) is 6.10 Å². The third-order valence-electron chi connectivity index (χ3n) is 6.92. The Morgan fingerprint density at radius 3 is 2.74 bits per heavy atom. The van der Waals surface area contributed by atoms with Gasteiger partial charge in [0.25, 0.3) is 5.91 Å². The molecule has 1 saturated heterocycles. The van der Waals surface area contributed by atoms with Crippen molar-refractivity contribution in [1.29, 1.82) is 0 Å². The van der Waals surface area contributed by atoms with Crippen molar-refractivity contribution in [2.75, 3.05) is 13.1 Å². The molecule has 0 unspecified atom stereocenters. The first kappa shape index (κ1) is 25.7. The molecule has 8 heteroatoms. The van der Waals surface area contributed by atoms with E-state index in [4.69, 9.17) is 16.3 Å². The van der Waals surface area contributed by atoms with Crippen molar-refractivity contribution in [1.82, 2.24) is 10.2 Å². The lowest BCUT2D eigenvalue weighted by atomic mass is 9.99. The number of hydrogen-bond acceptors (Lipinski definition) is 6. The van der Waals surface area contributed by atoms with Crippen molar-refractivity contribution in [2.24, 2.45) is 16.7 Å². The molecule has 2 fully saturated rings. The van der Waals surface area contributed by atoms with Gasteiger partial charge in [0.05, 0.1) is 12.1 Å². The Morgan fingerprint density at radius 2 is 2.06 bits per heavy atom. The van der Waals surface area contributed by atoms with Crippen LogP contribution in [0.3, 0.4) is 0 Å². The Hall–Kier alpha value is -2.42. The fraction of sp³-hybridized carbons (Fsp3) is 0.556. The number of amidine groups is 1. The van der Waals surface area contributed by atoms with Crippen LogP contribution in [-0.4, -0.2) is 48.0 Å². The number of ether oxygens (including phenoxy) is 1. The van der Waals surface area contributed by atoms with E-state index in [1.54, 1.807) is 11.3 Å². The van der Waals surface area contributed by atoms with Gasteiger partial charge in [-0.05, 0) is 51.2 Å². The van der Waals surface area contributed by atoms with E-state index in [9.17, 15) is 4.79 Å². The smallest absolute Gasteiger partial charge is 0.253 e. The summed E-state index contributed by atoms with van der Waals surface area (Å²) >= 11 is 1.76. The van der Waals surface area contributed by atoms with Crippen LogP contribution in [0.2, 0.25) is 0 Å². The number of carbonyl (C=O) groups excluding carboxylic acids is 1. The molecule has 2 aliphatic rings. The molecule has 1 aliphatic heterocycles. The average Bonchev–Trinajstić information content (AvgIpc) is 3.61. The van der Waals surface area contributed by atoms with Crippen molar-refractivity contribution < 1.29 is 9.53 Å². The van der Waals surface area contributed by atoms with Gasteiger partial charge in [-0.3, -0.25) is 4.79 Å². The molecule has 190 valence electrons. The fourth-order valence-electron chi connectivity index (χ4n) is 4.89. The Labute approximate surface area is 212 Å². The number of rotatable bonds is 10. The van der Waals surface area contributed by atoms with E-state index in [-0.39, 0.29) is 18.1 Å². The minimum absolute atomic E-state index is 0.0211. The largest absolute Gasteiger partial charge is 0.382 e. The van der Waals surface area contributed by atoms with E-state index in [0.717, 1.165) is 43.4 Å². The molecule has 35 heavy (non-hydrogen) atoms. The van der Waals surface area contributed by atoms with Gasteiger partial charge in [-0.15, -0.1) is 11.3 Å². The number of unbranched alkanes of at least 4 members (excludes halogenated alkanes) is 2. The summed E-state index contributed by atoms with van der Waals surface area (Å²) in [6, 6.07) is 10.6. The van der Waals surface area contributed by atoms with Crippen LogP contribution in [-0.2, 0) is 16.0 Å². The summed E-state index contributed by atoms with van der Waals surface area (Å²) in [7, 11) is 0. The van der Waals surface area contributed by atoms with E-state index >= 15 is 0 Å². The zero-order chi connectivity index (χ0) is 24.9. The second-order valence-corrected chi connectivity index (χ2v) is 10.9. The lowest BCUT2D eigenvalue weighted by Crippen LogP contribution is -2.52. The minimum Gasteiger partial charge on any atom is -0.382 e. The van der Waals surface area contributed by atoms with Gasteiger partial charge >= 0.3 is 0 Å². The molecule has 1 aromatic carbocycles. The van der Waals surface area contributed by atoms with Crippen LogP contribution >= 0.6 is 11.3 Å². The fourth-order valence-corrected chi connectivity index (χ4v) is 6.19. The highest BCUT2D eigenvalue weighted by Gasteiger charge is 2.41. The predicted molar refractivity (Wildman–Crippen MR) is 143 cm³/mol. The van der Waals surface area contributed by atoms with Crippen LogP contribution in [0, 0.1) is 0 Å². The number of morpholine rings is 1. The molecule has 2 heterocycles. The van der Waals surface area contributed by atoms with Crippen molar-refractivity contribution in [2.45, 2.75) is 83.6 Å². The maximum atomic E-state index is 13.6. The van der Waals surface area contributed by atoms with E-state index in [1.165, 1.54) is 28.2 Å². The summed E-state index contributed by atoms with van der Waals surface area (Å²) in [5.41, 5.74) is 9.35. The maximum absolute atomic E-state index is 13.6. The zero-order valence-electron chi connectivity index (χ0n) is 21.1. The molecule has 7 nitrogen and oxygen atoms in total. The molecule has 4 rings (SSSR count). The number of nitrogens with zero attached hydrogens (tertiary/aromatic N) is 2. The highest BCUT2D eigenvalue weighted by atomic mass is 32.1. The SMILES string of the molecule is CCCCCc1cc([C@@H](C)N(C(=O)[C@H]2CNC[C@@H](C)O2)C2CC2)sc1-c1ccccc1/C(N)=N/N. The topological polar surface area (TPSA) is 106 Å². The van der Waals surface area contributed by atoms with E-state index in [1.807, 2.05) is 25.1 Å². The Bertz CT molecular complexity index is 1050. The quantitative estimate of drug-likeness (QED) is 0.150. The second-order valence-electron chi connectivity index (χ2n) is 9.77. The number of nitrogens with one attached hydrogen (secondary N) is 1. The molecule has 1 saturated carbocycles. The Balaban J connectivity index is 1.68. The molecule has 0 bridgehead atoms. The summed E-state index contributed by atoms with van der Waals surface area (Å²) < 4.78 is 6.02. The van der Waals surface area contributed by atoms with Crippen molar-refractivity contribution >= 4 is 23.1 Å². The first-order chi connectivity index (χ1) is 16.9. The van der Waals surface area contributed by atoms with Gasteiger partial charge in [-0.1, -0.05) is 44.0 Å². The molecular formula is C27H39N5O2S. The highest BCUT2D eigenvalue weighted by Crippen LogP contribution is 2.42. The van der Waals surface area contributed by atoms with Crippen LogP contribution in [0.15, 0.2) is 35.4 Å². The van der Waals surface area contributed by atoms with Crippen LogP contribution in [0.1, 0.15) is 74.9 Å². The van der Waals surface area contributed by atoms with Gasteiger partial charge in [0.15, 0.2) is 5.84 Å². The van der Waals surface area contributed by atoms with E-state index in [2.05, 4.69) is 41.3 Å². The number of carbonyl (C=O) groups is 1. The molecule has 5 N–H and O–H groups in total. The molecule has 1 amide bonds. The van der Waals surface area contributed by atoms with E-state index in [0.29, 0.717) is 18.4 Å². The molecule has 0 spiro atoms. The van der Waals surface area contributed by atoms with Crippen molar-refractivity contribution in [3.05, 3.63) is 46.3 Å². The van der Waals surface area contributed by atoms with Gasteiger partial charge < -0.3 is 26.5 Å².